The SMILES string of the molecule is COc1cc(-c2oc3c(OC)c(OC)cc(O)c3c(=O)c2O)cc(OC)c1OC. The highest BCUT2D eigenvalue weighted by molar-refractivity contribution is 5.93. The summed E-state index contributed by atoms with van der Waals surface area (Å²) in [4.78, 5) is 12.8. The van der Waals surface area contributed by atoms with E-state index in [4.69, 9.17) is 28.1 Å². The van der Waals surface area contributed by atoms with Gasteiger partial charge in [-0.1, -0.05) is 0 Å². The van der Waals surface area contributed by atoms with E-state index in [-0.39, 0.29) is 33.8 Å². The molecule has 0 bridgehead atoms. The summed E-state index contributed by atoms with van der Waals surface area (Å²) in [5, 5.41) is 20.5. The summed E-state index contributed by atoms with van der Waals surface area (Å²) in [7, 11) is 7.06. The van der Waals surface area contributed by atoms with Gasteiger partial charge in [0.1, 0.15) is 11.1 Å². The van der Waals surface area contributed by atoms with Crippen LogP contribution >= 0.6 is 0 Å². The Hall–Kier alpha value is -3.75. The molecule has 0 atom stereocenters. The molecule has 0 unspecified atom stereocenters. The molecule has 1 heterocycles. The Morgan fingerprint density at radius 3 is 1.76 bits per heavy atom. The summed E-state index contributed by atoms with van der Waals surface area (Å²) in [5.74, 6) is -0.124. The van der Waals surface area contributed by atoms with Gasteiger partial charge in [-0.3, -0.25) is 4.79 Å². The van der Waals surface area contributed by atoms with E-state index in [0.717, 1.165) is 0 Å². The van der Waals surface area contributed by atoms with Gasteiger partial charge < -0.3 is 38.3 Å². The van der Waals surface area contributed by atoms with Gasteiger partial charge in [0.2, 0.25) is 22.7 Å². The van der Waals surface area contributed by atoms with Crippen LogP contribution in [0.5, 0.6) is 40.2 Å². The Morgan fingerprint density at radius 2 is 1.28 bits per heavy atom. The van der Waals surface area contributed by atoms with Gasteiger partial charge in [0.05, 0.1) is 35.5 Å². The standard InChI is InChI=1S/C20H20O9/c1-24-11-6-9(7-12(25-2)18(11)27-4)17-16(23)15(22)14-10(21)8-13(26-3)19(28-5)20(14)29-17/h6-8,21,23H,1-5H3. The van der Waals surface area contributed by atoms with Crippen LogP contribution in [0, 0.1) is 0 Å². The number of hydrogen-bond donors (Lipinski definition) is 2. The third-order valence-corrected chi connectivity index (χ3v) is 4.39. The van der Waals surface area contributed by atoms with E-state index in [1.54, 1.807) is 0 Å². The number of phenols is 1. The van der Waals surface area contributed by atoms with Gasteiger partial charge in [-0.15, -0.1) is 0 Å². The summed E-state index contributed by atoms with van der Waals surface area (Å²) < 4.78 is 32.2. The number of benzene rings is 2. The first-order chi connectivity index (χ1) is 13.9. The van der Waals surface area contributed by atoms with Crippen LogP contribution in [0.25, 0.3) is 22.3 Å². The molecule has 3 rings (SSSR count). The van der Waals surface area contributed by atoms with E-state index < -0.39 is 16.9 Å². The van der Waals surface area contributed by atoms with Crippen molar-refractivity contribution in [3.8, 4) is 51.6 Å². The predicted octanol–water partition coefficient (Wildman–Crippen LogP) is 2.91. The van der Waals surface area contributed by atoms with Gasteiger partial charge in [0, 0.05) is 11.6 Å². The molecule has 2 N–H and O–H groups in total. The molecule has 0 saturated carbocycles. The zero-order valence-corrected chi connectivity index (χ0v) is 16.5. The second-order valence-electron chi connectivity index (χ2n) is 5.86. The topological polar surface area (TPSA) is 117 Å². The largest absolute Gasteiger partial charge is 0.507 e. The van der Waals surface area contributed by atoms with Crippen LogP contribution in [0.2, 0.25) is 0 Å². The maximum Gasteiger partial charge on any atom is 0.238 e. The number of ether oxygens (including phenoxy) is 5. The van der Waals surface area contributed by atoms with Crippen molar-refractivity contribution < 1.29 is 38.3 Å². The third-order valence-electron chi connectivity index (χ3n) is 4.39. The lowest BCUT2D eigenvalue weighted by molar-refractivity contribution is 0.324. The van der Waals surface area contributed by atoms with E-state index in [1.807, 2.05) is 0 Å². The molecule has 0 amide bonds. The lowest BCUT2D eigenvalue weighted by Gasteiger charge is -2.15. The first kappa shape index (κ1) is 20.0. The molecular weight excluding hydrogens is 384 g/mol. The van der Waals surface area contributed by atoms with E-state index in [0.29, 0.717) is 17.2 Å². The predicted molar refractivity (Wildman–Crippen MR) is 104 cm³/mol. The van der Waals surface area contributed by atoms with Crippen molar-refractivity contribution >= 4 is 11.0 Å². The van der Waals surface area contributed by atoms with Crippen molar-refractivity contribution in [2.24, 2.45) is 0 Å². The van der Waals surface area contributed by atoms with Crippen molar-refractivity contribution in [3.05, 3.63) is 28.4 Å². The maximum absolute atomic E-state index is 12.8. The highest BCUT2D eigenvalue weighted by Gasteiger charge is 2.25. The number of phenolic OH excluding ortho intramolecular Hbond substituents is 1. The minimum absolute atomic E-state index is 0.0871. The molecule has 0 saturated heterocycles. The van der Waals surface area contributed by atoms with E-state index >= 15 is 0 Å². The van der Waals surface area contributed by atoms with Crippen molar-refractivity contribution in [2.75, 3.05) is 35.5 Å². The van der Waals surface area contributed by atoms with Crippen LogP contribution in [0.4, 0.5) is 0 Å². The molecular formula is C20H20O9. The molecule has 0 aliphatic rings. The Kier molecular flexibility index (Phi) is 5.31. The van der Waals surface area contributed by atoms with Crippen LogP contribution in [0.1, 0.15) is 0 Å². The fourth-order valence-corrected chi connectivity index (χ4v) is 3.05. The van der Waals surface area contributed by atoms with E-state index in [2.05, 4.69) is 0 Å². The summed E-state index contributed by atoms with van der Waals surface area (Å²) in [6.45, 7) is 0. The number of methoxy groups -OCH3 is 5. The van der Waals surface area contributed by atoms with Gasteiger partial charge in [0.15, 0.2) is 28.6 Å². The molecule has 0 aliphatic heterocycles. The van der Waals surface area contributed by atoms with Crippen molar-refractivity contribution in [3.63, 3.8) is 0 Å². The van der Waals surface area contributed by atoms with E-state index in [1.165, 1.54) is 53.7 Å². The second-order valence-corrected chi connectivity index (χ2v) is 5.86. The summed E-state index contributed by atoms with van der Waals surface area (Å²) in [5.41, 5.74) is -0.648. The average Bonchev–Trinajstić information content (AvgIpc) is 2.74. The molecule has 9 nitrogen and oxygen atoms in total. The van der Waals surface area contributed by atoms with E-state index in [9.17, 15) is 15.0 Å². The molecule has 0 spiro atoms. The van der Waals surface area contributed by atoms with Gasteiger partial charge >= 0.3 is 0 Å². The average molecular weight is 404 g/mol. The lowest BCUT2D eigenvalue weighted by Crippen LogP contribution is -2.05. The molecule has 154 valence electrons. The minimum atomic E-state index is -0.839. The number of rotatable bonds is 6. The minimum Gasteiger partial charge on any atom is -0.507 e. The Bertz CT molecular complexity index is 1110. The lowest BCUT2D eigenvalue weighted by atomic mass is 10.1. The van der Waals surface area contributed by atoms with Gasteiger partial charge in [-0.25, -0.2) is 0 Å². The van der Waals surface area contributed by atoms with Crippen LogP contribution in [0.3, 0.4) is 0 Å². The molecule has 9 heteroatoms. The summed E-state index contributed by atoms with van der Waals surface area (Å²) in [6.07, 6.45) is 0. The van der Waals surface area contributed by atoms with Crippen LogP contribution in [-0.2, 0) is 0 Å². The fourth-order valence-electron chi connectivity index (χ4n) is 3.05. The second kappa shape index (κ2) is 7.70. The Morgan fingerprint density at radius 1 is 0.759 bits per heavy atom. The monoisotopic (exact) mass is 404 g/mol. The number of fused-ring (bicyclic) bond motifs is 1. The first-order valence-electron chi connectivity index (χ1n) is 8.35. The quantitative estimate of drug-likeness (QED) is 0.639. The highest BCUT2D eigenvalue weighted by Crippen LogP contribution is 2.46. The van der Waals surface area contributed by atoms with Crippen LogP contribution in [-0.4, -0.2) is 45.8 Å². The summed E-state index contributed by atoms with van der Waals surface area (Å²) in [6, 6.07) is 4.23. The Labute approximate surface area is 165 Å². The highest BCUT2D eigenvalue weighted by atomic mass is 16.5. The maximum atomic E-state index is 12.8. The van der Waals surface area contributed by atoms with Crippen molar-refractivity contribution in [1.82, 2.24) is 0 Å². The number of aromatic hydroxyl groups is 2. The normalized spacial score (nSPS) is 10.7. The molecule has 0 radical (unpaired) electrons. The molecule has 2 aromatic carbocycles. The molecule has 0 fully saturated rings. The molecule has 1 aromatic heterocycles. The first-order valence-corrected chi connectivity index (χ1v) is 8.35. The van der Waals surface area contributed by atoms with Gasteiger partial charge in [-0.2, -0.15) is 0 Å². The van der Waals surface area contributed by atoms with Crippen LogP contribution in [0.15, 0.2) is 27.4 Å². The molecule has 0 aliphatic carbocycles. The smallest absolute Gasteiger partial charge is 0.238 e. The zero-order chi connectivity index (χ0) is 21.3. The fraction of sp³-hybridized carbons (Fsp3) is 0.250. The zero-order valence-electron chi connectivity index (χ0n) is 16.5. The van der Waals surface area contributed by atoms with Gasteiger partial charge in [0.25, 0.3) is 0 Å². The van der Waals surface area contributed by atoms with Crippen molar-refractivity contribution in [1.29, 1.82) is 0 Å². The van der Waals surface area contributed by atoms with Crippen LogP contribution < -0.4 is 29.1 Å². The number of hydrogen-bond acceptors (Lipinski definition) is 9. The van der Waals surface area contributed by atoms with Crippen molar-refractivity contribution in [2.45, 2.75) is 0 Å². The molecule has 3 aromatic rings. The van der Waals surface area contributed by atoms with Gasteiger partial charge in [-0.05, 0) is 12.1 Å². The Balaban J connectivity index is 2.43. The molecule has 29 heavy (non-hydrogen) atoms. The summed E-state index contributed by atoms with van der Waals surface area (Å²) >= 11 is 0. The third kappa shape index (κ3) is 3.10.